The van der Waals surface area contributed by atoms with Gasteiger partial charge in [0.15, 0.2) is 0 Å². The quantitative estimate of drug-likeness (QED) is 0.630. The fourth-order valence-electron chi connectivity index (χ4n) is 1.04. The number of aliphatic hydroxyl groups excluding tert-OH is 1. The number of esters is 1. The van der Waals surface area contributed by atoms with Gasteiger partial charge in [0.2, 0.25) is 0 Å². The van der Waals surface area contributed by atoms with Crippen LogP contribution in [0.5, 0.6) is 0 Å². The van der Waals surface area contributed by atoms with E-state index in [9.17, 15) is 9.90 Å². The molecule has 1 N–H and O–H groups in total. The summed E-state index contributed by atoms with van der Waals surface area (Å²) in [7, 11) is 1.37. The molecule has 1 rings (SSSR count). The summed E-state index contributed by atoms with van der Waals surface area (Å²) in [5.74, 6) is 0.0736. The highest BCUT2D eigenvalue weighted by Gasteiger charge is 2.03. The molecule has 15 heavy (non-hydrogen) atoms. The lowest BCUT2D eigenvalue weighted by Crippen LogP contribution is -2.02. The zero-order chi connectivity index (χ0) is 11.3. The molecule has 0 radical (unpaired) electrons. The van der Waals surface area contributed by atoms with Gasteiger partial charge < -0.3 is 9.84 Å². The van der Waals surface area contributed by atoms with Gasteiger partial charge in [-0.25, -0.2) is 0 Å². The monoisotopic (exact) mass is 226 g/mol. The number of hydrogen-bond donors (Lipinski definition) is 1. The van der Waals surface area contributed by atoms with Crippen LogP contribution in [0.25, 0.3) is 0 Å². The minimum atomic E-state index is -0.454. The van der Waals surface area contributed by atoms with Crippen LogP contribution in [0.15, 0.2) is 29.2 Å². The predicted octanol–water partition coefficient (Wildman–Crippen LogP) is 2.00. The van der Waals surface area contributed by atoms with E-state index in [0.29, 0.717) is 5.75 Å². The Hall–Kier alpha value is -1.00. The van der Waals surface area contributed by atoms with Gasteiger partial charge in [0.1, 0.15) is 0 Å². The van der Waals surface area contributed by atoms with E-state index in [1.165, 1.54) is 18.9 Å². The fraction of sp³-hybridized carbons (Fsp3) is 0.364. The van der Waals surface area contributed by atoms with Crippen LogP contribution in [0.1, 0.15) is 18.6 Å². The first-order valence-corrected chi connectivity index (χ1v) is 5.59. The van der Waals surface area contributed by atoms with Gasteiger partial charge in [-0.05, 0) is 24.6 Å². The topological polar surface area (TPSA) is 46.5 Å². The van der Waals surface area contributed by atoms with E-state index in [2.05, 4.69) is 4.74 Å². The van der Waals surface area contributed by atoms with Gasteiger partial charge in [-0.3, -0.25) is 4.79 Å². The lowest BCUT2D eigenvalue weighted by atomic mass is 10.1. The molecule has 0 saturated carbocycles. The summed E-state index contributed by atoms with van der Waals surface area (Å²) < 4.78 is 4.53. The lowest BCUT2D eigenvalue weighted by Gasteiger charge is -2.05. The molecular formula is C11H14O3S. The second-order valence-electron chi connectivity index (χ2n) is 3.11. The molecule has 0 aromatic heterocycles. The highest BCUT2D eigenvalue weighted by atomic mass is 32.2. The molecule has 0 spiro atoms. The van der Waals surface area contributed by atoms with Crippen LogP contribution in [-0.4, -0.2) is 23.9 Å². The Morgan fingerprint density at radius 1 is 1.47 bits per heavy atom. The highest BCUT2D eigenvalue weighted by molar-refractivity contribution is 8.00. The summed E-state index contributed by atoms with van der Waals surface area (Å²) in [4.78, 5) is 11.9. The van der Waals surface area contributed by atoms with Crippen molar-refractivity contribution in [2.24, 2.45) is 0 Å². The second kappa shape index (κ2) is 5.78. The Labute approximate surface area is 93.4 Å². The Balaban J connectivity index is 2.53. The minimum absolute atomic E-state index is 0.236. The van der Waals surface area contributed by atoms with Crippen molar-refractivity contribution in [2.45, 2.75) is 17.9 Å². The number of rotatable bonds is 4. The van der Waals surface area contributed by atoms with Crippen LogP contribution in [0.4, 0.5) is 0 Å². The molecule has 3 nitrogen and oxygen atoms in total. The zero-order valence-electron chi connectivity index (χ0n) is 8.77. The summed E-state index contributed by atoms with van der Waals surface area (Å²) in [5, 5.41) is 9.29. The van der Waals surface area contributed by atoms with E-state index < -0.39 is 6.10 Å². The van der Waals surface area contributed by atoms with Gasteiger partial charge >= 0.3 is 5.97 Å². The van der Waals surface area contributed by atoms with Gasteiger partial charge in [-0.2, -0.15) is 0 Å². The number of aliphatic hydroxyl groups is 1. The van der Waals surface area contributed by atoms with Crippen molar-refractivity contribution in [1.82, 2.24) is 0 Å². The van der Waals surface area contributed by atoms with Crippen molar-refractivity contribution >= 4 is 17.7 Å². The lowest BCUT2D eigenvalue weighted by molar-refractivity contribution is -0.137. The first-order valence-electron chi connectivity index (χ1n) is 4.61. The van der Waals surface area contributed by atoms with E-state index in [0.717, 1.165) is 10.5 Å². The Morgan fingerprint density at radius 2 is 2.07 bits per heavy atom. The fourth-order valence-corrected chi connectivity index (χ4v) is 1.77. The van der Waals surface area contributed by atoms with E-state index >= 15 is 0 Å². The molecule has 0 amide bonds. The molecule has 0 saturated heterocycles. The molecule has 0 unspecified atom stereocenters. The number of ether oxygens (including phenoxy) is 1. The van der Waals surface area contributed by atoms with Crippen molar-refractivity contribution in [3.8, 4) is 0 Å². The molecule has 0 bridgehead atoms. The SMILES string of the molecule is COC(=O)CSc1ccc([C@@H](C)O)cc1. The van der Waals surface area contributed by atoms with Crippen molar-refractivity contribution < 1.29 is 14.6 Å². The summed E-state index contributed by atoms with van der Waals surface area (Å²) >= 11 is 1.42. The first kappa shape index (κ1) is 12.1. The van der Waals surface area contributed by atoms with Gasteiger partial charge in [-0.15, -0.1) is 11.8 Å². The summed E-state index contributed by atoms with van der Waals surface area (Å²) in [5.41, 5.74) is 0.873. The molecule has 0 aliphatic heterocycles. The van der Waals surface area contributed by atoms with Crippen molar-refractivity contribution in [3.63, 3.8) is 0 Å². The molecule has 0 aliphatic rings. The van der Waals surface area contributed by atoms with E-state index in [-0.39, 0.29) is 5.97 Å². The first-order chi connectivity index (χ1) is 7.13. The Kier molecular flexibility index (Phi) is 4.65. The molecule has 0 heterocycles. The maximum Gasteiger partial charge on any atom is 0.315 e. The van der Waals surface area contributed by atoms with E-state index in [4.69, 9.17) is 0 Å². The third kappa shape index (κ3) is 3.93. The number of thioether (sulfide) groups is 1. The normalized spacial score (nSPS) is 12.2. The molecule has 0 fully saturated rings. The third-order valence-electron chi connectivity index (χ3n) is 1.95. The van der Waals surface area contributed by atoms with Crippen molar-refractivity contribution in [2.75, 3.05) is 12.9 Å². The van der Waals surface area contributed by atoms with Gasteiger partial charge in [0.25, 0.3) is 0 Å². The number of methoxy groups -OCH3 is 1. The van der Waals surface area contributed by atoms with E-state index in [1.807, 2.05) is 24.3 Å². The molecule has 4 heteroatoms. The molecule has 1 aromatic rings. The van der Waals surface area contributed by atoms with Crippen LogP contribution in [0, 0.1) is 0 Å². The smallest absolute Gasteiger partial charge is 0.315 e. The maximum atomic E-state index is 10.9. The van der Waals surface area contributed by atoms with Crippen molar-refractivity contribution in [3.05, 3.63) is 29.8 Å². The van der Waals surface area contributed by atoms with Gasteiger partial charge in [0, 0.05) is 4.90 Å². The largest absolute Gasteiger partial charge is 0.468 e. The summed E-state index contributed by atoms with van der Waals surface area (Å²) in [6.07, 6.45) is -0.454. The standard InChI is InChI=1S/C11H14O3S/c1-8(12)9-3-5-10(6-4-9)15-7-11(13)14-2/h3-6,8,12H,7H2,1-2H3/t8-/m1/s1. The second-order valence-corrected chi connectivity index (χ2v) is 4.16. The number of carbonyl (C=O) groups excluding carboxylic acids is 1. The van der Waals surface area contributed by atoms with Crippen LogP contribution in [-0.2, 0) is 9.53 Å². The minimum Gasteiger partial charge on any atom is -0.468 e. The van der Waals surface area contributed by atoms with Crippen LogP contribution in [0.3, 0.4) is 0 Å². The molecule has 1 aromatic carbocycles. The Morgan fingerprint density at radius 3 is 2.53 bits per heavy atom. The number of benzene rings is 1. The average Bonchev–Trinajstić information content (AvgIpc) is 2.26. The number of hydrogen-bond acceptors (Lipinski definition) is 4. The third-order valence-corrected chi connectivity index (χ3v) is 2.93. The highest BCUT2D eigenvalue weighted by Crippen LogP contribution is 2.20. The Bertz CT molecular complexity index is 319. The van der Waals surface area contributed by atoms with E-state index in [1.54, 1.807) is 6.92 Å². The molecule has 0 aliphatic carbocycles. The van der Waals surface area contributed by atoms with Crippen LogP contribution >= 0.6 is 11.8 Å². The van der Waals surface area contributed by atoms with Crippen molar-refractivity contribution in [1.29, 1.82) is 0 Å². The number of carbonyl (C=O) groups is 1. The summed E-state index contributed by atoms with van der Waals surface area (Å²) in [6.45, 7) is 1.72. The van der Waals surface area contributed by atoms with Gasteiger partial charge in [0.05, 0.1) is 19.0 Å². The van der Waals surface area contributed by atoms with Crippen LogP contribution < -0.4 is 0 Å². The molecular weight excluding hydrogens is 212 g/mol. The predicted molar refractivity (Wildman–Crippen MR) is 59.8 cm³/mol. The molecule has 1 atom stereocenters. The van der Waals surface area contributed by atoms with Crippen LogP contribution in [0.2, 0.25) is 0 Å². The molecule has 82 valence electrons. The zero-order valence-corrected chi connectivity index (χ0v) is 9.58. The maximum absolute atomic E-state index is 10.9. The average molecular weight is 226 g/mol. The van der Waals surface area contributed by atoms with Gasteiger partial charge in [-0.1, -0.05) is 12.1 Å². The summed E-state index contributed by atoms with van der Waals surface area (Å²) in [6, 6.07) is 7.47.